The predicted molar refractivity (Wildman–Crippen MR) is 325 cm³/mol. The summed E-state index contributed by atoms with van der Waals surface area (Å²) in [7, 11) is -21.8. The Morgan fingerprint density at radius 2 is 0.747 bits per heavy atom. The fraction of sp³-hybridized carbons (Fsp3) is 0.580. The average Bonchev–Trinajstić information content (AvgIpc) is 1.66. The molecule has 19 atom stereocenters. The van der Waals surface area contributed by atoms with Crippen LogP contribution < -0.4 is 56.3 Å². The zero-order valence-electron chi connectivity index (χ0n) is 51.9. The molecule has 11 heterocycles. The molecule has 5 saturated heterocycles. The van der Waals surface area contributed by atoms with Crippen LogP contribution in [-0.2, 0) is 78.1 Å². The van der Waals surface area contributed by atoms with Gasteiger partial charge in [0.15, 0.2) is 11.2 Å². The molecule has 542 valence electrons. The SMILES string of the molecule is Cc1cn([C@H]2C[C@H](OP(=O)(O)OC[C@H]3O[C@@H](n4cc(C)c(=O)[nH]c4=O)C[C@@H]3OP(=O)(O)OC[C@H]3O[C@@H](n4cc(C)c(=O)[nH]c4=O)C[C@@H]3O)[C@@H](COP(=O)(O)O[C@H]3C[C@H](n4cc(C)c(=O)[nH]c4=O)O[C@@H]3COP(=O)(O)O[C@H]3C[C@H](n4cnc5c(=O)[nH]c(N)nc54)O[C@@H]3CO)O2)c(=O)[nH]c1=O. The number of nitrogen functional groups attached to an aromatic ring is 1. The molecule has 5 aliphatic heterocycles. The Hall–Kier alpha value is -6.97. The Bertz CT molecular complexity index is 4830. The number of aromatic nitrogens is 12. The van der Waals surface area contributed by atoms with Crippen LogP contribution in [0, 0.1) is 27.7 Å². The van der Waals surface area contributed by atoms with Gasteiger partial charge < -0.3 is 59.2 Å². The van der Waals surface area contributed by atoms with Crippen LogP contribution in [0.25, 0.3) is 11.2 Å². The Labute approximate surface area is 550 Å². The standard InChI is InChI=1S/C50H65N13O32P4/c1-20-10-59(47(71)55-41(20)66)34-5-24(65)30(88-34)15-83-96(75,76)93-26-7-35(60-11-21(2)42(67)56-48(60)72)90-32(26)17-85-98(79,80)95-28-9-37(62-13-23(4)44(69)58-50(62)74)91-33(28)18-86-99(81,82)94-27-8-36(61-12-22(3)43(68)57-49(61)73)89-31(27)16-84-97(77,78)92-25-6-38(87-29(25)14-64)63-19-52-39-40(63)53-46(51)54-45(39)70/h10-13,19,24-38,64-65H,5-9,14-18H2,1-4H3,(H,75,76)(H,77,78)(H,79,80)(H,81,82)(H,55,66,71)(H,56,67,72)(H,57,68,73)(H,58,69,74)(H3,51,53,54,70)/t24-,25-,26-,27-,28-,29+,30+,31+,32+,33+,34+,35+,36+,37+,38+/m0/s1. The van der Waals surface area contributed by atoms with Crippen molar-refractivity contribution in [2.75, 3.05) is 38.8 Å². The third-order valence-corrected chi connectivity index (χ3v) is 20.4. The molecule has 0 bridgehead atoms. The summed E-state index contributed by atoms with van der Waals surface area (Å²) in [5, 5.41) is 21.0. The van der Waals surface area contributed by atoms with Crippen molar-refractivity contribution in [3.8, 4) is 0 Å². The van der Waals surface area contributed by atoms with Gasteiger partial charge in [-0.2, -0.15) is 4.98 Å². The molecule has 5 fully saturated rings. The van der Waals surface area contributed by atoms with E-state index in [2.05, 4.69) is 34.9 Å². The van der Waals surface area contributed by atoms with Gasteiger partial charge in [0.25, 0.3) is 27.8 Å². The van der Waals surface area contributed by atoms with Gasteiger partial charge >= 0.3 is 54.0 Å². The van der Waals surface area contributed by atoms with E-state index in [1.54, 1.807) is 0 Å². The number of aliphatic hydroxyl groups excluding tert-OH is 2. The van der Waals surface area contributed by atoms with E-state index in [9.17, 15) is 91.2 Å². The molecule has 0 amide bonds. The monoisotopic (exact) mass is 1480 g/mol. The summed E-state index contributed by atoms with van der Waals surface area (Å²) >= 11 is 0. The topological polar surface area (TPSA) is 619 Å². The second-order valence-corrected chi connectivity index (χ2v) is 29.0. The second kappa shape index (κ2) is 28.8. The van der Waals surface area contributed by atoms with E-state index in [1.165, 1.54) is 44.8 Å². The molecule has 45 nitrogen and oxygen atoms in total. The van der Waals surface area contributed by atoms with Crippen LogP contribution in [-0.4, -0.2) is 182 Å². The van der Waals surface area contributed by atoms with E-state index in [1.807, 2.05) is 0 Å². The zero-order chi connectivity index (χ0) is 71.5. The van der Waals surface area contributed by atoms with Crippen LogP contribution in [0.5, 0.6) is 0 Å². The molecule has 49 heteroatoms. The van der Waals surface area contributed by atoms with Crippen molar-refractivity contribution in [3.63, 3.8) is 0 Å². The predicted octanol–water partition coefficient (Wildman–Crippen LogP) is -3.06. The summed E-state index contributed by atoms with van der Waals surface area (Å²) < 4.78 is 133. The quantitative estimate of drug-likeness (QED) is 0.0240. The van der Waals surface area contributed by atoms with Crippen molar-refractivity contribution < 1.29 is 108 Å². The molecule has 4 unspecified atom stereocenters. The van der Waals surface area contributed by atoms with Crippen LogP contribution in [0.1, 0.15) is 85.5 Å². The number of imidazole rings is 1. The van der Waals surface area contributed by atoms with Crippen molar-refractivity contribution in [3.05, 3.63) is 147 Å². The van der Waals surface area contributed by atoms with Gasteiger partial charge in [-0.1, -0.05) is 0 Å². The molecule has 5 aliphatic rings. The fourth-order valence-electron chi connectivity index (χ4n) is 11.4. The summed E-state index contributed by atoms with van der Waals surface area (Å²) in [6.45, 7) is 0.512. The minimum Gasteiger partial charge on any atom is -0.394 e. The normalized spacial score (nSPS) is 29.6. The summed E-state index contributed by atoms with van der Waals surface area (Å²) in [4.78, 5) is 177. The number of H-pyrrole nitrogens is 5. The molecule has 0 aliphatic carbocycles. The first-order valence-electron chi connectivity index (χ1n) is 29.7. The zero-order valence-corrected chi connectivity index (χ0v) is 55.5. The number of aromatic amines is 5. The highest BCUT2D eigenvalue weighted by Gasteiger charge is 2.50. The van der Waals surface area contributed by atoms with E-state index in [0.717, 1.165) is 36.9 Å². The van der Waals surface area contributed by atoms with Crippen molar-refractivity contribution >= 4 is 48.4 Å². The molecular weight excluding hydrogens is 1420 g/mol. The van der Waals surface area contributed by atoms with E-state index < -0.39 is 226 Å². The first-order chi connectivity index (χ1) is 46.5. The van der Waals surface area contributed by atoms with Crippen LogP contribution >= 0.6 is 31.3 Å². The number of nitrogens with zero attached hydrogens (tertiary/aromatic N) is 7. The maximum Gasteiger partial charge on any atom is 0.472 e. The van der Waals surface area contributed by atoms with Gasteiger partial charge in [0.05, 0.1) is 45.5 Å². The highest BCUT2D eigenvalue weighted by molar-refractivity contribution is 7.48. The second-order valence-electron chi connectivity index (χ2n) is 23.4. The van der Waals surface area contributed by atoms with Gasteiger partial charge in [-0.15, -0.1) is 0 Å². The lowest BCUT2D eigenvalue weighted by Crippen LogP contribution is -2.33. The lowest BCUT2D eigenvalue weighted by molar-refractivity contribution is -0.0650. The van der Waals surface area contributed by atoms with Gasteiger partial charge in [0, 0.05) is 79.1 Å². The van der Waals surface area contributed by atoms with Gasteiger partial charge in [-0.25, -0.2) is 42.4 Å². The number of rotatable bonds is 26. The van der Waals surface area contributed by atoms with Crippen LogP contribution in [0.15, 0.2) is 74.3 Å². The summed E-state index contributed by atoms with van der Waals surface area (Å²) in [5.41, 5.74) is -2.10. The average molecular weight is 1480 g/mol. The van der Waals surface area contributed by atoms with Crippen molar-refractivity contribution in [2.24, 2.45) is 0 Å². The van der Waals surface area contributed by atoms with E-state index in [-0.39, 0.29) is 52.2 Å². The van der Waals surface area contributed by atoms with Crippen LogP contribution in [0.3, 0.4) is 0 Å². The molecule has 0 radical (unpaired) electrons. The number of aryl methyl sites for hydroxylation is 4. The Morgan fingerprint density at radius 1 is 0.455 bits per heavy atom. The summed E-state index contributed by atoms with van der Waals surface area (Å²) in [5.74, 6) is -0.271. The van der Waals surface area contributed by atoms with E-state index >= 15 is 0 Å². The maximum absolute atomic E-state index is 14.1. The maximum atomic E-state index is 14.1. The lowest BCUT2D eigenvalue weighted by Gasteiger charge is -2.25. The molecule has 6 aromatic heterocycles. The highest BCUT2D eigenvalue weighted by atomic mass is 31.2. The smallest absolute Gasteiger partial charge is 0.394 e. The van der Waals surface area contributed by atoms with Crippen molar-refractivity contribution in [1.29, 1.82) is 0 Å². The van der Waals surface area contributed by atoms with Crippen molar-refractivity contribution in [2.45, 2.75) is 152 Å². The number of nitrogens with two attached hydrogens (primary N) is 1. The van der Waals surface area contributed by atoms with Gasteiger partial charge in [-0.3, -0.25) is 108 Å². The molecule has 13 N–H and O–H groups in total. The van der Waals surface area contributed by atoms with Crippen molar-refractivity contribution in [1.82, 2.24) is 57.7 Å². The number of ether oxygens (including phenoxy) is 5. The first kappa shape index (κ1) is 73.3. The lowest BCUT2D eigenvalue weighted by atomic mass is 10.2. The van der Waals surface area contributed by atoms with Gasteiger partial charge in [0.1, 0.15) is 86.1 Å². The third kappa shape index (κ3) is 16.7. The number of hydrogen-bond acceptors (Lipinski definition) is 31. The van der Waals surface area contributed by atoms with E-state index in [4.69, 9.17) is 65.6 Å². The molecule has 99 heavy (non-hydrogen) atoms. The number of fused-ring (bicyclic) bond motifs is 1. The van der Waals surface area contributed by atoms with Crippen LogP contribution in [0.2, 0.25) is 0 Å². The Kier molecular flexibility index (Phi) is 21.3. The largest absolute Gasteiger partial charge is 0.472 e. The molecule has 6 aromatic rings. The fourth-order valence-corrected chi connectivity index (χ4v) is 15.2. The number of aliphatic hydroxyl groups is 2. The van der Waals surface area contributed by atoms with Crippen LogP contribution in [0.4, 0.5) is 5.95 Å². The van der Waals surface area contributed by atoms with E-state index in [0.29, 0.717) is 0 Å². The molecule has 0 aromatic carbocycles. The highest BCUT2D eigenvalue weighted by Crippen LogP contribution is 2.55. The van der Waals surface area contributed by atoms with Gasteiger partial charge in [-0.05, 0) is 27.7 Å². The molecule has 0 spiro atoms. The molecule has 0 saturated carbocycles. The number of phosphoric acid groups is 4. The number of phosphoric ester groups is 4. The molecular formula is C50H65N13O32P4. The number of anilines is 1. The summed E-state index contributed by atoms with van der Waals surface area (Å²) in [6.07, 6.45) is -19.3. The Balaban J connectivity index is 0.780. The Morgan fingerprint density at radius 3 is 1.09 bits per heavy atom. The molecule has 11 rings (SSSR count). The number of hydrogen-bond donors (Lipinski definition) is 12. The third-order valence-electron chi connectivity index (χ3n) is 16.4. The minimum absolute atomic E-state index is 0.00143. The first-order valence-corrected chi connectivity index (χ1v) is 35.7. The minimum atomic E-state index is -5.58. The van der Waals surface area contributed by atoms with Gasteiger partial charge in [0.2, 0.25) is 5.95 Å². The number of nitrogens with one attached hydrogen (secondary N) is 5. The summed E-state index contributed by atoms with van der Waals surface area (Å²) in [6, 6.07) is 0.